The fourth-order valence-corrected chi connectivity index (χ4v) is 0.680. The van der Waals surface area contributed by atoms with Crippen LogP contribution in [-0.4, -0.2) is 22.8 Å². The summed E-state index contributed by atoms with van der Waals surface area (Å²) in [4.78, 5) is 28.2. The third kappa shape index (κ3) is 3.05. The molecule has 1 heterocycles. The van der Waals surface area contributed by atoms with Gasteiger partial charge in [-0.2, -0.15) is 0 Å². The molecule has 7 heteroatoms. The Hall–Kier alpha value is -2.18. The van der Waals surface area contributed by atoms with Crippen molar-refractivity contribution in [2.75, 3.05) is 6.79 Å². The van der Waals surface area contributed by atoms with Gasteiger partial charge in [-0.05, 0) is 12.1 Å². The van der Waals surface area contributed by atoms with Gasteiger partial charge in [0.05, 0.1) is 0 Å². The van der Waals surface area contributed by atoms with Gasteiger partial charge >= 0.3 is 5.97 Å². The lowest BCUT2D eigenvalue weighted by molar-refractivity contribution is -0.765. The van der Waals surface area contributed by atoms with Gasteiger partial charge < -0.3 is 4.74 Å². The molecule has 1 aromatic heterocycles. The van der Waals surface area contributed by atoms with Crippen LogP contribution in [0, 0.1) is 10.1 Å². The molecule has 7 nitrogen and oxygen atoms in total. The molecular weight excluding hydrogens is 192 g/mol. The zero-order chi connectivity index (χ0) is 10.4. The minimum Gasteiger partial charge on any atom is -0.433 e. The number of nitrogens with zero attached hydrogens (tertiary/aromatic N) is 2. The van der Waals surface area contributed by atoms with Gasteiger partial charge in [0.1, 0.15) is 5.69 Å². The lowest BCUT2D eigenvalue weighted by Crippen LogP contribution is -2.12. The van der Waals surface area contributed by atoms with Crippen molar-refractivity contribution in [3.05, 3.63) is 40.2 Å². The summed E-state index contributed by atoms with van der Waals surface area (Å²) in [6, 6.07) is 4.65. The van der Waals surface area contributed by atoms with Gasteiger partial charge in [-0.25, -0.2) is 9.78 Å². The van der Waals surface area contributed by atoms with Gasteiger partial charge in [-0.1, -0.05) is 6.07 Å². The molecule has 0 saturated heterocycles. The molecular formula is C7H6N2O5. The molecule has 1 aromatic rings. The number of carbonyl (C=O) groups is 1. The van der Waals surface area contributed by atoms with Crippen LogP contribution in [0.1, 0.15) is 10.5 Å². The highest BCUT2D eigenvalue weighted by molar-refractivity contribution is 5.86. The van der Waals surface area contributed by atoms with Gasteiger partial charge in [0.15, 0.2) is 0 Å². The Morgan fingerprint density at radius 2 is 2.36 bits per heavy atom. The van der Waals surface area contributed by atoms with Gasteiger partial charge in [0.25, 0.3) is 5.09 Å². The zero-order valence-electron chi connectivity index (χ0n) is 6.95. The quantitative estimate of drug-likeness (QED) is 0.301. The molecule has 14 heavy (non-hydrogen) atoms. The monoisotopic (exact) mass is 198 g/mol. The number of rotatable bonds is 4. The van der Waals surface area contributed by atoms with Crippen LogP contribution >= 0.6 is 0 Å². The Bertz CT molecular complexity index is 326. The molecule has 0 unspecified atom stereocenters. The summed E-state index contributed by atoms with van der Waals surface area (Å²) >= 11 is 0. The van der Waals surface area contributed by atoms with E-state index >= 15 is 0 Å². The Labute approximate surface area is 78.4 Å². The van der Waals surface area contributed by atoms with E-state index in [-0.39, 0.29) is 5.69 Å². The summed E-state index contributed by atoms with van der Waals surface area (Å²) in [5, 5.41) is 8.64. The van der Waals surface area contributed by atoms with Gasteiger partial charge in [-0.15, -0.1) is 10.1 Å². The maximum absolute atomic E-state index is 11.0. The smallest absolute Gasteiger partial charge is 0.358 e. The first-order valence-electron chi connectivity index (χ1n) is 3.55. The second-order valence-corrected chi connectivity index (χ2v) is 2.12. The molecule has 0 saturated carbocycles. The third-order valence-electron chi connectivity index (χ3n) is 1.22. The Morgan fingerprint density at radius 3 is 2.93 bits per heavy atom. The number of ether oxygens (including phenoxy) is 1. The van der Waals surface area contributed by atoms with Crippen molar-refractivity contribution in [2.45, 2.75) is 0 Å². The first-order chi connectivity index (χ1) is 6.70. The molecule has 0 aromatic carbocycles. The number of hydrogen-bond acceptors (Lipinski definition) is 6. The Kier molecular flexibility index (Phi) is 3.36. The van der Waals surface area contributed by atoms with Crippen molar-refractivity contribution >= 4 is 5.97 Å². The van der Waals surface area contributed by atoms with Crippen LogP contribution in [-0.2, 0) is 9.57 Å². The molecule has 0 aliphatic rings. The van der Waals surface area contributed by atoms with E-state index in [9.17, 15) is 14.9 Å². The summed E-state index contributed by atoms with van der Waals surface area (Å²) in [5.74, 6) is -0.771. The molecule has 0 N–H and O–H groups in total. The Balaban J connectivity index is 2.40. The van der Waals surface area contributed by atoms with E-state index in [1.165, 1.54) is 12.3 Å². The second-order valence-electron chi connectivity index (χ2n) is 2.12. The number of aromatic nitrogens is 1. The minimum atomic E-state index is -1.05. The van der Waals surface area contributed by atoms with Crippen molar-refractivity contribution in [3.8, 4) is 0 Å². The molecule has 74 valence electrons. The number of esters is 1. The van der Waals surface area contributed by atoms with Gasteiger partial charge in [-0.3, -0.25) is 4.84 Å². The number of hydrogen-bond donors (Lipinski definition) is 0. The lowest BCUT2D eigenvalue weighted by Gasteiger charge is -2.01. The molecule has 1 rings (SSSR count). The Morgan fingerprint density at radius 1 is 1.57 bits per heavy atom. The summed E-state index contributed by atoms with van der Waals surface area (Å²) < 4.78 is 4.37. The molecule has 0 bridgehead atoms. The van der Waals surface area contributed by atoms with Crippen molar-refractivity contribution < 1.29 is 19.5 Å². The summed E-state index contributed by atoms with van der Waals surface area (Å²) in [5.41, 5.74) is 0.0689. The fourth-order valence-electron chi connectivity index (χ4n) is 0.680. The normalized spacial score (nSPS) is 9.14. The summed E-state index contributed by atoms with van der Waals surface area (Å²) in [6.45, 7) is -0.734. The predicted molar refractivity (Wildman–Crippen MR) is 42.6 cm³/mol. The van der Waals surface area contributed by atoms with E-state index in [0.717, 1.165) is 0 Å². The van der Waals surface area contributed by atoms with Crippen LogP contribution in [0.4, 0.5) is 0 Å². The van der Waals surface area contributed by atoms with E-state index in [4.69, 9.17) is 0 Å². The second kappa shape index (κ2) is 4.75. The van der Waals surface area contributed by atoms with Gasteiger partial charge in [0, 0.05) is 6.20 Å². The molecule has 0 aliphatic heterocycles. The first kappa shape index (κ1) is 9.90. The maximum Gasteiger partial charge on any atom is 0.358 e. The third-order valence-corrected chi connectivity index (χ3v) is 1.22. The van der Waals surface area contributed by atoms with E-state index < -0.39 is 17.8 Å². The van der Waals surface area contributed by atoms with Gasteiger partial charge in [0.2, 0.25) is 6.79 Å². The van der Waals surface area contributed by atoms with Crippen molar-refractivity contribution in [1.29, 1.82) is 0 Å². The van der Waals surface area contributed by atoms with E-state index in [0.29, 0.717) is 0 Å². The maximum atomic E-state index is 11.0. The van der Waals surface area contributed by atoms with Crippen LogP contribution < -0.4 is 0 Å². The highest BCUT2D eigenvalue weighted by Crippen LogP contribution is 1.96. The van der Waals surface area contributed by atoms with Crippen LogP contribution in [0.15, 0.2) is 24.4 Å². The van der Waals surface area contributed by atoms with E-state index in [2.05, 4.69) is 14.6 Å². The predicted octanol–water partition coefficient (Wildman–Crippen LogP) is 0.404. The zero-order valence-corrected chi connectivity index (χ0v) is 6.95. The number of pyridine rings is 1. The fraction of sp³-hybridized carbons (Fsp3) is 0.143. The van der Waals surface area contributed by atoms with Crippen molar-refractivity contribution in [1.82, 2.24) is 4.98 Å². The average molecular weight is 198 g/mol. The topological polar surface area (TPSA) is 91.6 Å². The molecule has 0 atom stereocenters. The highest BCUT2D eigenvalue weighted by Gasteiger charge is 2.07. The first-order valence-corrected chi connectivity index (χ1v) is 3.55. The standard InChI is InChI=1S/C7H6N2O5/c10-7(13-5-14-9(11)12)6-3-1-2-4-8-6/h1-4H,5H2. The van der Waals surface area contributed by atoms with E-state index in [1.54, 1.807) is 12.1 Å². The van der Waals surface area contributed by atoms with Crippen molar-refractivity contribution in [2.24, 2.45) is 0 Å². The van der Waals surface area contributed by atoms with E-state index in [1.807, 2.05) is 0 Å². The average Bonchev–Trinajstić information content (AvgIpc) is 2.18. The lowest BCUT2D eigenvalue weighted by atomic mass is 10.4. The van der Waals surface area contributed by atoms with Crippen LogP contribution in [0.3, 0.4) is 0 Å². The largest absolute Gasteiger partial charge is 0.433 e. The van der Waals surface area contributed by atoms with Crippen LogP contribution in [0.25, 0.3) is 0 Å². The highest BCUT2D eigenvalue weighted by atomic mass is 17.0. The minimum absolute atomic E-state index is 0.0689. The molecule has 0 fully saturated rings. The SMILES string of the molecule is O=C(OCO[N+](=O)[O-])c1ccccn1. The van der Waals surface area contributed by atoms with Crippen molar-refractivity contribution in [3.63, 3.8) is 0 Å². The van der Waals surface area contributed by atoms with Crippen LogP contribution in [0.5, 0.6) is 0 Å². The number of carbonyl (C=O) groups excluding carboxylic acids is 1. The molecule has 0 amide bonds. The summed E-state index contributed by atoms with van der Waals surface area (Å²) in [7, 11) is 0. The molecule has 0 radical (unpaired) electrons. The summed E-state index contributed by atoms with van der Waals surface area (Å²) in [6.07, 6.45) is 1.41. The molecule has 0 spiro atoms. The van der Waals surface area contributed by atoms with Crippen LogP contribution in [0.2, 0.25) is 0 Å². The molecule has 0 aliphatic carbocycles.